The van der Waals surface area contributed by atoms with Gasteiger partial charge in [0, 0.05) is 10.0 Å². The highest BCUT2D eigenvalue weighted by Crippen LogP contribution is 2.26. The number of allylic oxidation sites excluding steroid dienone is 1. The second kappa shape index (κ2) is 4.69. The highest BCUT2D eigenvalue weighted by Gasteiger charge is 2.05. The summed E-state index contributed by atoms with van der Waals surface area (Å²) < 4.78 is 0. The van der Waals surface area contributed by atoms with Crippen molar-refractivity contribution in [2.45, 2.75) is 19.3 Å². The predicted octanol–water partition coefficient (Wildman–Crippen LogP) is 4.67. The fraction of sp³-hybridized carbons (Fsp3) is 0.273. The third-order valence-electron chi connectivity index (χ3n) is 1.97. The van der Waals surface area contributed by atoms with Crippen LogP contribution in [0.15, 0.2) is 30.9 Å². The van der Waals surface area contributed by atoms with Crippen LogP contribution in [-0.2, 0) is 0 Å². The van der Waals surface area contributed by atoms with E-state index >= 15 is 0 Å². The number of hydrogen-bond donors (Lipinski definition) is 0. The molecule has 70 valence electrons. The molecule has 13 heavy (non-hydrogen) atoms. The number of hydrogen-bond acceptors (Lipinski definition) is 0. The molecule has 0 N–H and O–H groups in total. The van der Waals surface area contributed by atoms with Crippen LogP contribution in [-0.4, -0.2) is 0 Å². The smallest absolute Gasteiger partial charge is 0.0423 e. The summed E-state index contributed by atoms with van der Waals surface area (Å²) >= 11 is 11.8. The van der Waals surface area contributed by atoms with Crippen LogP contribution < -0.4 is 0 Å². The fourth-order valence-electron chi connectivity index (χ4n) is 1.25. The second-order valence-electron chi connectivity index (χ2n) is 3.13. The standard InChI is InChI=1S/C11H12Cl2/c1-3-4-8(2)9-5-10(12)7-11(13)6-9/h3,5-8H,1,4H2,2H3. The summed E-state index contributed by atoms with van der Waals surface area (Å²) in [5.74, 6) is 0.425. The van der Waals surface area contributed by atoms with Crippen molar-refractivity contribution in [1.82, 2.24) is 0 Å². The maximum Gasteiger partial charge on any atom is 0.0423 e. The zero-order chi connectivity index (χ0) is 9.84. The Labute approximate surface area is 89.2 Å². The maximum absolute atomic E-state index is 5.88. The highest BCUT2D eigenvalue weighted by molar-refractivity contribution is 6.34. The number of halogens is 2. The van der Waals surface area contributed by atoms with Gasteiger partial charge in [-0.25, -0.2) is 0 Å². The minimum atomic E-state index is 0.425. The Balaban J connectivity index is 2.93. The van der Waals surface area contributed by atoms with Crippen molar-refractivity contribution in [3.05, 3.63) is 46.5 Å². The van der Waals surface area contributed by atoms with E-state index in [2.05, 4.69) is 13.5 Å². The molecule has 2 heteroatoms. The molecule has 0 nitrogen and oxygen atoms in total. The van der Waals surface area contributed by atoms with E-state index in [-0.39, 0.29) is 0 Å². The molecule has 1 aromatic rings. The lowest BCUT2D eigenvalue weighted by molar-refractivity contribution is 0.782. The molecule has 0 heterocycles. The lowest BCUT2D eigenvalue weighted by atomic mass is 9.98. The Hall–Kier alpha value is -0.460. The van der Waals surface area contributed by atoms with Gasteiger partial charge in [0.15, 0.2) is 0 Å². The van der Waals surface area contributed by atoms with Gasteiger partial charge in [-0.2, -0.15) is 0 Å². The van der Waals surface area contributed by atoms with Crippen LogP contribution in [0.5, 0.6) is 0 Å². The summed E-state index contributed by atoms with van der Waals surface area (Å²) in [5.41, 5.74) is 1.16. The van der Waals surface area contributed by atoms with Crippen molar-refractivity contribution in [2.24, 2.45) is 0 Å². The lowest BCUT2D eigenvalue weighted by Crippen LogP contribution is -1.91. The van der Waals surface area contributed by atoms with Crippen LogP contribution in [0.3, 0.4) is 0 Å². The molecule has 1 aromatic carbocycles. The third kappa shape index (κ3) is 3.06. The molecule has 0 saturated heterocycles. The summed E-state index contributed by atoms with van der Waals surface area (Å²) in [7, 11) is 0. The first-order valence-corrected chi connectivity index (χ1v) is 4.96. The maximum atomic E-state index is 5.88. The predicted molar refractivity (Wildman–Crippen MR) is 59.7 cm³/mol. The Kier molecular flexibility index (Phi) is 3.83. The molecule has 0 radical (unpaired) electrons. The van der Waals surface area contributed by atoms with Gasteiger partial charge >= 0.3 is 0 Å². The van der Waals surface area contributed by atoms with E-state index < -0.39 is 0 Å². The minimum Gasteiger partial charge on any atom is -0.103 e. The Morgan fingerprint density at radius 3 is 2.31 bits per heavy atom. The van der Waals surface area contributed by atoms with Crippen LogP contribution in [0.25, 0.3) is 0 Å². The van der Waals surface area contributed by atoms with Gasteiger partial charge in [0.25, 0.3) is 0 Å². The van der Waals surface area contributed by atoms with Crippen LogP contribution >= 0.6 is 23.2 Å². The van der Waals surface area contributed by atoms with Crippen molar-refractivity contribution in [2.75, 3.05) is 0 Å². The average Bonchev–Trinajstić information content (AvgIpc) is 2.03. The number of rotatable bonds is 3. The molecule has 1 rings (SSSR count). The van der Waals surface area contributed by atoms with Crippen LogP contribution in [0.4, 0.5) is 0 Å². The van der Waals surface area contributed by atoms with E-state index in [1.165, 1.54) is 0 Å². The monoisotopic (exact) mass is 214 g/mol. The fourth-order valence-corrected chi connectivity index (χ4v) is 1.79. The van der Waals surface area contributed by atoms with E-state index in [4.69, 9.17) is 23.2 Å². The van der Waals surface area contributed by atoms with E-state index in [1.54, 1.807) is 6.07 Å². The van der Waals surface area contributed by atoms with E-state index in [0.29, 0.717) is 16.0 Å². The first-order valence-electron chi connectivity index (χ1n) is 4.20. The molecular weight excluding hydrogens is 203 g/mol. The third-order valence-corrected chi connectivity index (χ3v) is 2.41. The molecule has 0 spiro atoms. The van der Waals surface area contributed by atoms with Gasteiger partial charge in [-0.3, -0.25) is 0 Å². The zero-order valence-electron chi connectivity index (χ0n) is 7.56. The van der Waals surface area contributed by atoms with E-state index in [0.717, 1.165) is 12.0 Å². The van der Waals surface area contributed by atoms with Gasteiger partial charge < -0.3 is 0 Å². The Morgan fingerprint density at radius 1 is 1.31 bits per heavy atom. The first-order chi connectivity index (χ1) is 6.13. The summed E-state index contributed by atoms with van der Waals surface area (Å²) in [5, 5.41) is 1.39. The van der Waals surface area contributed by atoms with Gasteiger partial charge in [-0.05, 0) is 36.1 Å². The molecule has 0 amide bonds. The van der Waals surface area contributed by atoms with Gasteiger partial charge in [-0.15, -0.1) is 6.58 Å². The van der Waals surface area contributed by atoms with Crippen molar-refractivity contribution in [1.29, 1.82) is 0 Å². The van der Waals surface area contributed by atoms with Crippen molar-refractivity contribution >= 4 is 23.2 Å². The van der Waals surface area contributed by atoms with Crippen molar-refractivity contribution in [3.8, 4) is 0 Å². The van der Waals surface area contributed by atoms with Gasteiger partial charge in [0.1, 0.15) is 0 Å². The molecule has 0 fully saturated rings. The lowest BCUT2D eigenvalue weighted by Gasteiger charge is -2.09. The Bertz CT molecular complexity index is 285. The van der Waals surface area contributed by atoms with Crippen LogP contribution in [0.1, 0.15) is 24.8 Å². The molecular formula is C11H12Cl2. The Morgan fingerprint density at radius 2 is 1.85 bits per heavy atom. The largest absolute Gasteiger partial charge is 0.103 e. The van der Waals surface area contributed by atoms with Crippen LogP contribution in [0, 0.1) is 0 Å². The molecule has 0 aliphatic heterocycles. The highest BCUT2D eigenvalue weighted by atomic mass is 35.5. The van der Waals surface area contributed by atoms with Crippen LogP contribution in [0.2, 0.25) is 10.0 Å². The summed E-state index contributed by atoms with van der Waals surface area (Å²) in [6.45, 7) is 5.83. The van der Waals surface area contributed by atoms with Gasteiger partial charge in [0.05, 0.1) is 0 Å². The normalized spacial score (nSPS) is 12.5. The molecule has 1 atom stereocenters. The molecule has 1 unspecified atom stereocenters. The summed E-state index contributed by atoms with van der Waals surface area (Å²) in [6, 6.07) is 5.64. The number of benzene rings is 1. The molecule has 0 aromatic heterocycles. The van der Waals surface area contributed by atoms with E-state index in [9.17, 15) is 0 Å². The quantitative estimate of drug-likeness (QED) is 0.642. The van der Waals surface area contributed by atoms with Gasteiger partial charge in [-0.1, -0.05) is 36.2 Å². The molecule has 0 saturated carbocycles. The summed E-state index contributed by atoms with van der Waals surface area (Å²) in [6.07, 6.45) is 2.84. The average molecular weight is 215 g/mol. The first kappa shape index (κ1) is 10.6. The molecule has 0 aliphatic carbocycles. The second-order valence-corrected chi connectivity index (χ2v) is 4.00. The van der Waals surface area contributed by atoms with Crippen molar-refractivity contribution < 1.29 is 0 Å². The SMILES string of the molecule is C=CCC(C)c1cc(Cl)cc(Cl)c1. The van der Waals surface area contributed by atoms with E-state index in [1.807, 2.05) is 18.2 Å². The van der Waals surface area contributed by atoms with Crippen molar-refractivity contribution in [3.63, 3.8) is 0 Å². The minimum absolute atomic E-state index is 0.425. The molecule has 0 aliphatic rings. The zero-order valence-corrected chi connectivity index (χ0v) is 9.07. The topological polar surface area (TPSA) is 0 Å². The molecule has 0 bridgehead atoms. The summed E-state index contributed by atoms with van der Waals surface area (Å²) in [4.78, 5) is 0. The van der Waals surface area contributed by atoms with Gasteiger partial charge in [0.2, 0.25) is 0 Å².